The van der Waals surface area contributed by atoms with Crippen LogP contribution < -0.4 is 5.73 Å². The molecule has 1 aliphatic rings. The molecular formula is C13H19ClN2O3S. The predicted octanol–water partition coefficient (Wildman–Crippen LogP) is 1.77. The Balaban J connectivity index is 2.32. The highest BCUT2D eigenvalue weighted by atomic mass is 35.5. The van der Waals surface area contributed by atoms with Gasteiger partial charge in [0.2, 0.25) is 10.0 Å². The maximum Gasteiger partial charge on any atom is 0.243 e. The third kappa shape index (κ3) is 2.93. The molecule has 1 aliphatic heterocycles. The second-order valence-corrected chi connectivity index (χ2v) is 7.87. The van der Waals surface area contributed by atoms with E-state index in [9.17, 15) is 13.5 Å². The molecule has 0 spiro atoms. The van der Waals surface area contributed by atoms with E-state index in [1.54, 1.807) is 13.8 Å². The molecule has 0 saturated carbocycles. The van der Waals surface area contributed by atoms with E-state index in [0.717, 1.165) is 0 Å². The van der Waals surface area contributed by atoms with Crippen molar-refractivity contribution in [3.05, 3.63) is 22.7 Å². The molecule has 1 aromatic rings. The van der Waals surface area contributed by atoms with Gasteiger partial charge in [-0.05, 0) is 44.4 Å². The molecule has 0 radical (unpaired) electrons. The fraction of sp³-hybridized carbons (Fsp3) is 0.538. The smallest absolute Gasteiger partial charge is 0.243 e. The van der Waals surface area contributed by atoms with Gasteiger partial charge in [0.05, 0.1) is 10.5 Å². The molecule has 1 fully saturated rings. The lowest BCUT2D eigenvalue weighted by Gasteiger charge is -2.35. The van der Waals surface area contributed by atoms with Crippen LogP contribution in [-0.4, -0.2) is 36.5 Å². The molecule has 20 heavy (non-hydrogen) atoms. The summed E-state index contributed by atoms with van der Waals surface area (Å²) in [5.41, 5.74) is 6.02. The van der Waals surface area contributed by atoms with Gasteiger partial charge in [-0.1, -0.05) is 11.6 Å². The number of piperidine rings is 1. The Kier molecular flexibility index (Phi) is 4.03. The molecule has 112 valence electrons. The van der Waals surface area contributed by atoms with Crippen LogP contribution in [0.5, 0.6) is 0 Å². The number of nitrogen functional groups attached to an aromatic ring is 1. The van der Waals surface area contributed by atoms with Crippen molar-refractivity contribution in [1.29, 1.82) is 0 Å². The molecular weight excluding hydrogens is 300 g/mol. The van der Waals surface area contributed by atoms with Gasteiger partial charge in [0.1, 0.15) is 0 Å². The van der Waals surface area contributed by atoms with Gasteiger partial charge >= 0.3 is 0 Å². The zero-order chi connectivity index (χ0) is 15.1. The summed E-state index contributed by atoms with van der Waals surface area (Å²) in [6, 6.07) is 2.86. The van der Waals surface area contributed by atoms with Gasteiger partial charge in [-0.15, -0.1) is 0 Å². The molecule has 0 aliphatic carbocycles. The van der Waals surface area contributed by atoms with Crippen LogP contribution in [0.1, 0.15) is 25.3 Å². The van der Waals surface area contributed by atoms with E-state index in [-0.39, 0.29) is 4.90 Å². The lowest BCUT2D eigenvalue weighted by molar-refractivity contribution is 0.0126. The van der Waals surface area contributed by atoms with E-state index < -0.39 is 15.6 Å². The summed E-state index contributed by atoms with van der Waals surface area (Å²) >= 11 is 6.01. The number of nitrogens with zero attached hydrogens (tertiary/aromatic N) is 1. The van der Waals surface area contributed by atoms with Crippen LogP contribution in [0, 0.1) is 6.92 Å². The Hall–Kier alpha value is -0.820. The molecule has 0 unspecified atom stereocenters. The normalized spacial score (nSPS) is 20.0. The molecule has 2 rings (SSSR count). The molecule has 3 N–H and O–H groups in total. The second kappa shape index (κ2) is 5.18. The zero-order valence-electron chi connectivity index (χ0n) is 11.6. The number of halogens is 1. The second-order valence-electron chi connectivity index (χ2n) is 5.52. The van der Waals surface area contributed by atoms with Crippen LogP contribution in [-0.2, 0) is 10.0 Å². The first kappa shape index (κ1) is 15.6. The predicted molar refractivity (Wildman–Crippen MR) is 79.2 cm³/mol. The maximum atomic E-state index is 12.5. The highest BCUT2D eigenvalue weighted by molar-refractivity contribution is 7.89. The minimum absolute atomic E-state index is 0.104. The molecule has 1 heterocycles. The number of rotatable bonds is 2. The van der Waals surface area contributed by atoms with E-state index in [2.05, 4.69) is 0 Å². The van der Waals surface area contributed by atoms with Crippen molar-refractivity contribution >= 4 is 27.3 Å². The van der Waals surface area contributed by atoms with Crippen LogP contribution in [0.3, 0.4) is 0 Å². The monoisotopic (exact) mass is 318 g/mol. The Morgan fingerprint density at radius 3 is 2.40 bits per heavy atom. The standard InChI is InChI=1S/C13H19ClN2O3S/c1-9-11(14)7-10(8-12(9)15)20(18,19)16-5-3-13(2,17)4-6-16/h7-8,17H,3-6,15H2,1-2H3. The van der Waals surface area contributed by atoms with Gasteiger partial charge in [0.25, 0.3) is 0 Å². The van der Waals surface area contributed by atoms with Crippen molar-refractivity contribution in [3.63, 3.8) is 0 Å². The molecule has 0 amide bonds. The van der Waals surface area contributed by atoms with Gasteiger partial charge < -0.3 is 10.8 Å². The Morgan fingerprint density at radius 1 is 1.35 bits per heavy atom. The topological polar surface area (TPSA) is 83.6 Å². The van der Waals surface area contributed by atoms with Crippen molar-refractivity contribution in [2.45, 2.75) is 37.2 Å². The van der Waals surface area contributed by atoms with Crippen LogP contribution in [0.25, 0.3) is 0 Å². The third-order valence-corrected chi connectivity index (χ3v) is 6.06. The Labute approximate surface area is 124 Å². The van der Waals surface area contributed by atoms with Crippen LogP contribution >= 0.6 is 11.6 Å². The van der Waals surface area contributed by atoms with Crippen molar-refractivity contribution < 1.29 is 13.5 Å². The highest BCUT2D eigenvalue weighted by Gasteiger charge is 2.34. The van der Waals surface area contributed by atoms with Gasteiger partial charge in [-0.2, -0.15) is 4.31 Å². The van der Waals surface area contributed by atoms with Crippen molar-refractivity contribution in [2.75, 3.05) is 18.8 Å². The molecule has 7 heteroatoms. The molecule has 0 atom stereocenters. The number of hydrogen-bond acceptors (Lipinski definition) is 4. The number of benzene rings is 1. The first-order valence-corrected chi connectivity index (χ1v) is 8.23. The molecule has 0 bridgehead atoms. The molecule has 1 saturated heterocycles. The number of sulfonamides is 1. The van der Waals surface area contributed by atoms with Crippen LogP contribution in [0.2, 0.25) is 5.02 Å². The van der Waals surface area contributed by atoms with Crippen LogP contribution in [0.15, 0.2) is 17.0 Å². The first-order chi connectivity index (χ1) is 9.13. The van der Waals surface area contributed by atoms with E-state index in [4.69, 9.17) is 17.3 Å². The van der Waals surface area contributed by atoms with Crippen LogP contribution in [0.4, 0.5) is 5.69 Å². The highest BCUT2D eigenvalue weighted by Crippen LogP contribution is 2.30. The fourth-order valence-electron chi connectivity index (χ4n) is 2.18. The third-order valence-electron chi connectivity index (χ3n) is 3.80. The minimum Gasteiger partial charge on any atom is -0.398 e. The number of nitrogens with two attached hydrogens (primary N) is 1. The first-order valence-electron chi connectivity index (χ1n) is 6.42. The average Bonchev–Trinajstić information content (AvgIpc) is 2.34. The van der Waals surface area contributed by atoms with Crippen molar-refractivity contribution in [1.82, 2.24) is 4.31 Å². The summed E-state index contributed by atoms with van der Waals surface area (Å²) in [6.45, 7) is 4.05. The quantitative estimate of drug-likeness (QED) is 0.814. The van der Waals surface area contributed by atoms with Crippen molar-refractivity contribution in [2.24, 2.45) is 0 Å². The van der Waals surface area contributed by atoms with E-state index in [1.165, 1.54) is 16.4 Å². The van der Waals surface area contributed by atoms with E-state index >= 15 is 0 Å². The van der Waals surface area contributed by atoms with E-state index in [1.807, 2.05) is 0 Å². The molecule has 5 nitrogen and oxygen atoms in total. The SMILES string of the molecule is Cc1c(N)cc(S(=O)(=O)N2CCC(C)(O)CC2)cc1Cl. The lowest BCUT2D eigenvalue weighted by atomic mass is 9.95. The lowest BCUT2D eigenvalue weighted by Crippen LogP contribution is -2.45. The summed E-state index contributed by atoms with van der Waals surface area (Å²) in [6.07, 6.45) is 0.836. The number of hydrogen-bond donors (Lipinski definition) is 2. The number of aliphatic hydroxyl groups is 1. The number of anilines is 1. The summed E-state index contributed by atoms with van der Waals surface area (Å²) < 4.78 is 26.5. The average molecular weight is 319 g/mol. The summed E-state index contributed by atoms with van der Waals surface area (Å²) in [5, 5.41) is 10.2. The fourth-order valence-corrected chi connectivity index (χ4v) is 3.98. The largest absolute Gasteiger partial charge is 0.398 e. The van der Waals surface area contributed by atoms with Gasteiger partial charge in [0, 0.05) is 23.8 Å². The van der Waals surface area contributed by atoms with Crippen molar-refractivity contribution in [3.8, 4) is 0 Å². The summed E-state index contributed by atoms with van der Waals surface area (Å²) in [4.78, 5) is 0.104. The Bertz CT molecular complexity index is 595. The zero-order valence-corrected chi connectivity index (χ0v) is 13.1. The maximum absolute atomic E-state index is 12.5. The van der Waals surface area contributed by atoms with Gasteiger partial charge in [0.15, 0.2) is 0 Å². The van der Waals surface area contributed by atoms with Gasteiger partial charge in [-0.25, -0.2) is 8.42 Å². The molecule has 0 aromatic heterocycles. The minimum atomic E-state index is -3.62. The summed E-state index contributed by atoms with van der Waals surface area (Å²) in [5.74, 6) is 0. The Morgan fingerprint density at radius 2 is 1.90 bits per heavy atom. The molecule has 1 aromatic carbocycles. The summed E-state index contributed by atoms with van der Waals surface area (Å²) in [7, 11) is -3.62. The van der Waals surface area contributed by atoms with Gasteiger partial charge in [-0.3, -0.25) is 0 Å². The van der Waals surface area contributed by atoms with E-state index in [0.29, 0.717) is 42.2 Å².